The van der Waals surface area contributed by atoms with Crippen LogP contribution in [0.15, 0.2) is 53.6 Å². The van der Waals surface area contributed by atoms with Crippen molar-refractivity contribution in [3.63, 3.8) is 0 Å². The maximum Gasteiger partial charge on any atom is 0.267 e. The predicted molar refractivity (Wildman–Crippen MR) is 113 cm³/mol. The third kappa shape index (κ3) is 4.29. The minimum absolute atomic E-state index is 0.231. The van der Waals surface area contributed by atoms with Crippen LogP contribution in [0.4, 0.5) is 11.6 Å². The number of hydrogen-bond donors (Lipinski definition) is 1. The third-order valence-electron chi connectivity index (χ3n) is 4.89. The molecule has 1 amide bonds. The van der Waals surface area contributed by atoms with Crippen molar-refractivity contribution in [1.29, 1.82) is 0 Å². The monoisotopic (exact) mass is 406 g/mol. The van der Waals surface area contributed by atoms with Crippen molar-refractivity contribution < 1.29 is 9.53 Å². The molecule has 0 radical (unpaired) electrons. The number of rotatable bonds is 6. The van der Waals surface area contributed by atoms with E-state index >= 15 is 0 Å². The summed E-state index contributed by atoms with van der Waals surface area (Å²) in [6.07, 6.45) is 3.68. The van der Waals surface area contributed by atoms with Crippen LogP contribution < -0.4 is 20.5 Å². The zero-order valence-electron chi connectivity index (χ0n) is 16.6. The Morgan fingerprint density at radius 1 is 1.13 bits per heavy atom. The lowest BCUT2D eigenvalue weighted by molar-refractivity contribution is -0.117. The van der Waals surface area contributed by atoms with Crippen LogP contribution in [0.1, 0.15) is 12.8 Å². The van der Waals surface area contributed by atoms with Crippen LogP contribution in [0.2, 0.25) is 0 Å². The molecule has 9 nitrogen and oxygen atoms in total. The number of para-hydroxylation sites is 1. The standard InChI is InChI=1S/C21H22N6O3/c1-30-17-7-3-2-6-15(17)16-8-9-21(29)27(25-16)13-20(28)24-18-12-19(23-14-22-18)26-10-4-5-11-26/h2-3,6-9,12,14H,4-5,10-11,13H2,1H3,(H,22,23,24,28). The van der Waals surface area contributed by atoms with Crippen LogP contribution in [-0.4, -0.2) is 45.9 Å². The van der Waals surface area contributed by atoms with Crippen molar-refractivity contribution in [3.8, 4) is 17.0 Å². The Morgan fingerprint density at radius 3 is 2.73 bits per heavy atom. The fourth-order valence-corrected chi connectivity index (χ4v) is 3.42. The maximum absolute atomic E-state index is 12.5. The maximum atomic E-state index is 12.5. The van der Waals surface area contributed by atoms with E-state index in [-0.39, 0.29) is 12.1 Å². The number of amides is 1. The lowest BCUT2D eigenvalue weighted by Gasteiger charge is -2.16. The zero-order chi connectivity index (χ0) is 20.9. The molecule has 1 N–H and O–H groups in total. The summed E-state index contributed by atoms with van der Waals surface area (Å²) in [5.41, 5.74) is 0.905. The molecule has 1 aliphatic heterocycles. The fourth-order valence-electron chi connectivity index (χ4n) is 3.42. The van der Waals surface area contributed by atoms with Gasteiger partial charge in [-0.15, -0.1) is 0 Å². The molecule has 0 bridgehead atoms. The van der Waals surface area contributed by atoms with E-state index in [4.69, 9.17) is 4.74 Å². The fraction of sp³-hybridized carbons (Fsp3) is 0.286. The molecule has 0 atom stereocenters. The Kier molecular flexibility index (Phi) is 5.69. The summed E-state index contributed by atoms with van der Waals surface area (Å²) < 4.78 is 6.48. The number of carbonyl (C=O) groups is 1. The van der Waals surface area contributed by atoms with Crippen LogP contribution >= 0.6 is 0 Å². The number of nitrogens with one attached hydrogen (secondary N) is 1. The average molecular weight is 406 g/mol. The predicted octanol–water partition coefficient (Wildman–Crippen LogP) is 1.95. The van der Waals surface area contributed by atoms with Crippen molar-refractivity contribution in [2.24, 2.45) is 0 Å². The van der Waals surface area contributed by atoms with Crippen molar-refractivity contribution in [2.75, 3.05) is 30.4 Å². The lowest BCUT2D eigenvalue weighted by atomic mass is 10.1. The van der Waals surface area contributed by atoms with Crippen molar-refractivity contribution in [3.05, 3.63) is 59.1 Å². The van der Waals surface area contributed by atoms with E-state index in [9.17, 15) is 9.59 Å². The van der Waals surface area contributed by atoms with E-state index < -0.39 is 5.91 Å². The average Bonchev–Trinajstić information content (AvgIpc) is 3.30. The smallest absolute Gasteiger partial charge is 0.267 e. The van der Waals surface area contributed by atoms with E-state index in [1.54, 1.807) is 19.2 Å². The first-order valence-corrected chi connectivity index (χ1v) is 9.72. The Bertz CT molecular complexity index is 1110. The van der Waals surface area contributed by atoms with Gasteiger partial charge in [0.2, 0.25) is 5.91 Å². The SMILES string of the molecule is COc1ccccc1-c1ccc(=O)n(CC(=O)Nc2cc(N3CCCC3)ncn2)n1. The number of benzene rings is 1. The van der Waals surface area contributed by atoms with Gasteiger partial charge in [-0.1, -0.05) is 12.1 Å². The van der Waals surface area contributed by atoms with Gasteiger partial charge in [-0.25, -0.2) is 14.6 Å². The second-order valence-electron chi connectivity index (χ2n) is 6.92. The Hall–Kier alpha value is -3.75. The molecular formula is C21H22N6O3. The van der Waals surface area contributed by atoms with Crippen molar-refractivity contribution in [2.45, 2.75) is 19.4 Å². The highest BCUT2D eigenvalue weighted by Gasteiger charge is 2.15. The molecule has 1 fully saturated rings. The molecule has 0 saturated carbocycles. The molecule has 3 aromatic rings. The molecule has 1 saturated heterocycles. The molecule has 0 aliphatic carbocycles. The van der Waals surface area contributed by atoms with Crippen LogP contribution in [0, 0.1) is 0 Å². The number of aromatic nitrogens is 4. The van der Waals surface area contributed by atoms with Crippen LogP contribution in [0.3, 0.4) is 0 Å². The highest BCUT2D eigenvalue weighted by molar-refractivity contribution is 5.89. The van der Waals surface area contributed by atoms with E-state index in [1.807, 2.05) is 24.3 Å². The van der Waals surface area contributed by atoms with Gasteiger partial charge in [-0.05, 0) is 31.0 Å². The van der Waals surface area contributed by atoms with Crippen LogP contribution in [0.5, 0.6) is 5.75 Å². The second kappa shape index (κ2) is 8.73. The minimum atomic E-state index is -0.396. The summed E-state index contributed by atoms with van der Waals surface area (Å²) in [7, 11) is 1.57. The molecule has 1 aromatic carbocycles. The van der Waals surface area contributed by atoms with Gasteiger partial charge in [0, 0.05) is 30.8 Å². The Labute approximate surface area is 173 Å². The Morgan fingerprint density at radius 2 is 1.93 bits per heavy atom. The first-order valence-electron chi connectivity index (χ1n) is 9.72. The lowest BCUT2D eigenvalue weighted by Crippen LogP contribution is -2.29. The molecule has 1 aliphatic rings. The third-order valence-corrected chi connectivity index (χ3v) is 4.89. The van der Waals surface area contributed by atoms with Gasteiger partial charge in [-0.2, -0.15) is 5.10 Å². The highest BCUT2D eigenvalue weighted by Crippen LogP contribution is 2.27. The quantitative estimate of drug-likeness (QED) is 0.667. The summed E-state index contributed by atoms with van der Waals surface area (Å²) in [4.78, 5) is 35.3. The topological polar surface area (TPSA) is 102 Å². The van der Waals surface area contributed by atoms with Crippen LogP contribution in [0.25, 0.3) is 11.3 Å². The van der Waals surface area contributed by atoms with Gasteiger partial charge in [0.15, 0.2) is 0 Å². The molecule has 3 heterocycles. The number of nitrogens with zero attached hydrogens (tertiary/aromatic N) is 5. The van der Waals surface area contributed by atoms with Gasteiger partial charge in [0.05, 0.1) is 12.8 Å². The molecule has 2 aromatic heterocycles. The molecule has 154 valence electrons. The molecule has 9 heteroatoms. The number of ether oxygens (including phenoxy) is 1. The summed E-state index contributed by atoms with van der Waals surface area (Å²) in [6.45, 7) is 1.66. The van der Waals surface area contributed by atoms with E-state index in [0.717, 1.165) is 42.0 Å². The summed E-state index contributed by atoms with van der Waals surface area (Å²) >= 11 is 0. The van der Waals surface area contributed by atoms with Gasteiger partial charge < -0.3 is 15.0 Å². The van der Waals surface area contributed by atoms with Crippen molar-refractivity contribution >= 4 is 17.5 Å². The normalized spacial score (nSPS) is 13.3. The zero-order valence-corrected chi connectivity index (χ0v) is 16.6. The summed E-state index contributed by atoms with van der Waals surface area (Å²) in [5.74, 6) is 1.42. The van der Waals surface area contributed by atoms with E-state index in [1.165, 1.54) is 12.4 Å². The van der Waals surface area contributed by atoms with E-state index in [0.29, 0.717) is 17.3 Å². The summed E-state index contributed by atoms with van der Waals surface area (Å²) in [5, 5.41) is 7.06. The number of methoxy groups -OCH3 is 1. The Balaban J connectivity index is 1.51. The van der Waals surface area contributed by atoms with Gasteiger partial charge in [-0.3, -0.25) is 9.59 Å². The van der Waals surface area contributed by atoms with Gasteiger partial charge >= 0.3 is 0 Å². The van der Waals surface area contributed by atoms with Gasteiger partial charge in [0.1, 0.15) is 30.3 Å². The van der Waals surface area contributed by atoms with Gasteiger partial charge in [0.25, 0.3) is 5.56 Å². The molecule has 0 spiro atoms. The molecular weight excluding hydrogens is 384 g/mol. The first-order chi connectivity index (χ1) is 14.6. The molecule has 4 rings (SSSR count). The number of anilines is 2. The molecule has 30 heavy (non-hydrogen) atoms. The first kappa shape index (κ1) is 19.6. The minimum Gasteiger partial charge on any atom is -0.496 e. The molecule has 0 unspecified atom stereocenters. The second-order valence-corrected chi connectivity index (χ2v) is 6.92. The van der Waals surface area contributed by atoms with Crippen LogP contribution in [-0.2, 0) is 11.3 Å². The highest BCUT2D eigenvalue weighted by atomic mass is 16.5. The van der Waals surface area contributed by atoms with Crippen molar-refractivity contribution in [1.82, 2.24) is 19.7 Å². The summed E-state index contributed by atoms with van der Waals surface area (Å²) in [6, 6.07) is 12.1. The van der Waals surface area contributed by atoms with E-state index in [2.05, 4.69) is 25.3 Å². The largest absolute Gasteiger partial charge is 0.496 e. The number of carbonyl (C=O) groups excluding carboxylic acids is 1. The number of hydrogen-bond acceptors (Lipinski definition) is 7.